The zero-order valence-electron chi connectivity index (χ0n) is 16.1. The summed E-state index contributed by atoms with van der Waals surface area (Å²) in [6.45, 7) is 14.8. The highest BCUT2D eigenvalue weighted by Crippen LogP contribution is 2.62. The second kappa shape index (κ2) is 8.17. The third-order valence-electron chi connectivity index (χ3n) is 4.80. The summed E-state index contributed by atoms with van der Waals surface area (Å²) in [6.07, 6.45) is 2.45. The van der Waals surface area contributed by atoms with E-state index in [1.807, 2.05) is 6.92 Å². The topological polar surface area (TPSA) is 96.5 Å². The largest absolute Gasteiger partial charge is 0.483 e. The van der Waals surface area contributed by atoms with Crippen LogP contribution in [0, 0.1) is 29.6 Å². The van der Waals surface area contributed by atoms with Crippen LogP contribution in [0.3, 0.4) is 0 Å². The molecular formula is C18H31N3O3S. The molecule has 25 heavy (non-hydrogen) atoms. The number of amides is 1. The van der Waals surface area contributed by atoms with Crippen molar-refractivity contribution in [3.8, 4) is 0 Å². The third kappa shape index (κ3) is 6.30. The van der Waals surface area contributed by atoms with Gasteiger partial charge in [-0.3, -0.25) is 9.59 Å². The minimum Gasteiger partial charge on any atom is -0.483 e. The number of carbonyl (C=O) groups is 2. The molecular weight excluding hydrogens is 338 g/mol. The van der Waals surface area contributed by atoms with E-state index in [-0.39, 0.29) is 11.9 Å². The number of rotatable bonds is 1. The van der Waals surface area contributed by atoms with Gasteiger partial charge in [0.2, 0.25) is 5.91 Å². The van der Waals surface area contributed by atoms with Crippen LogP contribution in [-0.4, -0.2) is 40.5 Å². The summed E-state index contributed by atoms with van der Waals surface area (Å²) >= 11 is 1.51. The molecule has 7 heteroatoms. The van der Waals surface area contributed by atoms with Crippen LogP contribution >= 0.6 is 11.3 Å². The summed E-state index contributed by atoms with van der Waals surface area (Å²) in [5.74, 6) is 1.91. The minimum atomic E-state index is -0.250. The van der Waals surface area contributed by atoms with Gasteiger partial charge < -0.3 is 15.7 Å². The number of nitrogen functional groups attached to an aromatic ring is 1. The molecule has 1 aliphatic carbocycles. The van der Waals surface area contributed by atoms with Crippen LogP contribution in [0.4, 0.5) is 5.13 Å². The predicted octanol–water partition coefficient (Wildman–Crippen LogP) is 3.27. The number of aromatic nitrogens is 1. The summed E-state index contributed by atoms with van der Waals surface area (Å²) < 4.78 is 0. The van der Waals surface area contributed by atoms with Crippen LogP contribution < -0.4 is 5.73 Å². The van der Waals surface area contributed by atoms with Crippen molar-refractivity contribution in [1.29, 1.82) is 0 Å². The Kier molecular flexibility index (Phi) is 6.99. The molecule has 2 fully saturated rings. The Balaban J connectivity index is 0.000000260. The highest BCUT2D eigenvalue weighted by Gasteiger charge is 2.62. The molecule has 1 amide bonds. The molecule has 6 nitrogen and oxygen atoms in total. The normalized spacial score (nSPS) is 22.7. The molecule has 2 unspecified atom stereocenters. The van der Waals surface area contributed by atoms with Crippen LogP contribution in [0.5, 0.6) is 0 Å². The molecule has 0 radical (unpaired) electrons. The van der Waals surface area contributed by atoms with E-state index in [0.717, 1.165) is 29.8 Å². The first-order valence-electron chi connectivity index (χ1n) is 8.46. The van der Waals surface area contributed by atoms with Crippen molar-refractivity contribution in [2.45, 2.75) is 48.0 Å². The van der Waals surface area contributed by atoms with E-state index in [1.165, 1.54) is 11.3 Å². The van der Waals surface area contributed by atoms with Gasteiger partial charge in [0.1, 0.15) is 0 Å². The Morgan fingerprint density at radius 3 is 2.20 bits per heavy atom. The number of carboxylic acid groups (broad SMARTS) is 1. The van der Waals surface area contributed by atoms with Gasteiger partial charge in [-0.1, -0.05) is 34.6 Å². The fraction of sp³-hybridized carbons (Fsp3) is 0.722. The maximum absolute atomic E-state index is 12.0. The van der Waals surface area contributed by atoms with Crippen LogP contribution in [0.1, 0.15) is 45.9 Å². The summed E-state index contributed by atoms with van der Waals surface area (Å²) in [6, 6.07) is 0. The maximum atomic E-state index is 12.0. The molecule has 0 spiro atoms. The lowest BCUT2D eigenvalue weighted by Crippen LogP contribution is -2.35. The highest BCUT2D eigenvalue weighted by molar-refractivity contribution is 7.15. The Morgan fingerprint density at radius 1 is 1.44 bits per heavy atom. The van der Waals surface area contributed by atoms with Gasteiger partial charge in [-0.25, -0.2) is 4.98 Å². The average Bonchev–Trinajstić information content (AvgIpc) is 2.88. The summed E-state index contributed by atoms with van der Waals surface area (Å²) in [5, 5.41) is 7.54. The lowest BCUT2D eigenvalue weighted by molar-refractivity contribution is -0.132. The van der Waals surface area contributed by atoms with Crippen molar-refractivity contribution in [1.82, 2.24) is 9.88 Å². The van der Waals surface area contributed by atoms with Crippen LogP contribution in [-0.2, 0) is 9.59 Å². The van der Waals surface area contributed by atoms with E-state index >= 15 is 0 Å². The average molecular weight is 370 g/mol. The first-order chi connectivity index (χ1) is 11.4. The number of carbonyl (C=O) groups excluding carboxylic acids is 1. The van der Waals surface area contributed by atoms with Gasteiger partial charge in [-0.15, -0.1) is 11.3 Å². The van der Waals surface area contributed by atoms with Crippen molar-refractivity contribution in [3.05, 3.63) is 11.1 Å². The van der Waals surface area contributed by atoms with E-state index in [4.69, 9.17) is 15.6 Å². The fourth-order valence-electron chi connectivity index (χ4n) is 3.27. The van der Waals surface area contributed by atoms with Crippen LogP contribution in [0.15, 0.2) is 6.20 Å². The second-order valence-corrected chi connectivity index (χ2v) is 9.75. The van der Waals surface area contributed by atoms with Gasteiger partial charge in [0.05, 0.1) is 0 Å². The number of anilines is 1. The number of likely N-dealkylation sites (tertiary alicyclic amines) is 1. The van der Waals surface area contributed by atoms with Crippen molar-refractivity contribution < 1.29 is 14.7 Å². The molecule has 0 aromatic carbocycles. The molecule has 2 atom stereocenters. The van der Waals surface area contributed by atoms with Gasteiger partial charge in [0, 0.05) is 30.6 Å². The van der Waals surface area contributed by atoms with Gasteiger partial charge in [0.25, 0.3) is 6.47 Å². The SMILES string of the molecule is CC(C)(C)CC(=O)N1CC2C(C1)C2(C)C.Cc1cnc(N)s1.O=CO. The van der Waals surface area contributed by atoms with Gasteiger partial charge in [-0.2, -0.15) is 0 Å². The summed E-state index contributed by atoms with van der Waals surface area (Å²) in [4.78, 5) is 27.4. The van der Waals surface area contributed by atoms with E-state index in [2.05, 4.69) is 44.5 Å². The molecule has 1 aromatic rings. The first kappa shape index (κ1) is 21.4. The molecule has 1 saturated carbocycles. The number of piperidine rings is 1. The smallest absolute Gasteiger partial charge is 0.290 e. The molecule has 1 saturated heterocycles. The molecule has 2 aliphatic rings. The van der Waals surface area contributed by atoms with E-state index in [9.17, 15) is 4.79 Å². The molecule has 3 N–H and O–H groups in total. The molecule has 3 rings (SSSR count). The zero-order chi connectivity index (χ0) is 19.4. The van der Waals surface area contributed by atoms with Gasteiger partial charge in [-0.05, 0) is 29.6 Å². The Morgan fingerprint density at radius 2 is 1.92 bits per heavy atom. The van der Waals surface area contributed by atoms with Gasteiger partial charge >= 0.3 is 0 Å². The van der Waals surface area contributed by atoms with Gasteiger partial charge in [0.15, 0.2) is 5.13 Å². The predicted molar refractivity (Wildman–Crippen MR) is 101 cm³/mol. The van der Waals surface area contributed by atoms with E-state index in [0.29, 0.717) is 22.9 Å². The van der Waals surface area contributed by atoms with E-state index < -0.39 is 0 Å². The number of nitrogens with two attached hydrogens (primary N) is 1. The quantitative estimate of drug-likeness (QED) is 0.741. The number of hydrogen-bond donors (Lipinski definition) is 2. The van der Waals surface area contributed by atoms with E-state index in [1.54, 1.807) is 6.20 Å². The first-order valence-corrected chi connectivity index (χ1v) is 9.27. The molecule has 1 aromatic heterocycles. The highest BCUT2D eigenvalue weighted by atomic mass is 32.1. The number of thiazole rings is 1. The van der Waals surface area contributed by atoms with Crippen molar-refractivity contribution in [3.63, 3.8) is 0 Å². The van der Waals surface area contributed by atoms with Crippen LogP contribution in [0.2, 0.25) is 0 Å². The Labute approximate surface area is 154 Å². The molecule has 142 valence electrons. The lowest BCUT2D eigenvalue weighted by Gasteiger charge is -2.26. The standard InChI is InChI=1S/C13H23NO.C4H6N2S.CH2O2/c1-12(2,3)6-11(15)14-7-9-10(8-14)13(9,4)5;1-3-2-6-4(5)7-3;2-1-3/h9-10H,6-8H2,1-5H3;2H,1H3,(H2,5,6);1H,(H,2,3). The number of hydrogen-bond acceptors (Lipinski definition) is 5. The number of fused-ring (bicyclic) bond motifs is 1. The second-order valence-electron chi connectivity index (χ2n) is 8.49. The molecule has 1 aliphatic heterocycles. The zero-order valence-corrected chi connectivity index (χ0v) is 16.9. The van der Waals surface area contributed by atoms with Crippen molar-refractivity contribution in [2.75, 3.05) is 18.8 Å². The molecule has 0 bridgehead atoms. The van der Waals surface area contributed by atoms with Crippen molar-refractivity contribution >= 4 is 28.8 Å². The third-order valence-corrected chi connectivity index (χ3v) is 5.54. The monoisotopic (exact) mass is 369 g/mol. The lowest BCUT2D eigenvalue weighted by atomic mass is 9.91. The molecule has 2 heterocycles. The number of aryl methyl sites for hydroxylation is 1. The fourth-order valence-corrected chi connectivity index (χ4v) is 3.81. The minimum absolute atomic E-state index is 0.124. The van der Waals surface area contributed by atoms with Crippen molar-refractivity contribution in [2.24, 2.45) is 22.7 Å². The number of nitrogens with zero attached hydrogens (tertiary/aromatic N) is 2. The summed E-state index contributed by atoms with van der Waals surface area (Å²) in [5.41, 5.74) is 5.92. The maximum Gasteiger partial charge on any atom is 0.290 e. The summed E-state index contributed by atoms with van der Waals surface area (Å²) in [7, 11) is 0. The van der Waals surface area contributed by atoms with Crippen LogP contribution in [0.25, 0.3) is 0 Å². The Bertz CT molecular complexity index is 562. The Hall–Kier alpha value is -1.63.